The van der Waals surface area contributed by atoms with Crippen molar-refractivity contribution in [1.29, 1.82) is 0 Å². The standard InChI is InChI=1S/C15H20N6O5S/c1-11-13(9-16-18(11)2)27(25,26)21-7-5-19(6-8-21)14(22)10-20-4-3-12(17-20)15(23)24/h3-4,9H,5-8,10H2,1-2H3,(H,23,24). The van der Waals surface area contributed by atoms with E-state index in [-0.39, 0.29) is 49.2 Å². The van der Waals surface area contributed by atoms with Gasteiger partial charge in [0, 0.05) is 39.4 Å². The zero-order valence-electron chi connectivity index (χ0n) is 14.9. The first-order chi connectivity index (χ1) is 12.7. The molecule has 12 heteroatoms. The number of aromatic nitrogens is 4. The van der Waals surface area contributed by atoms with Crippen LogP contribution < -0.4 is 0 Å². The van der Waals surface area contributed by atoms with Crippen molar-refractivity contribution in [3.05, 3.63) is 29.8 Å². The summed E-state index contributed by atoms with van der Waals surface area (Å²) in [6.07, 6.45) is 2.76. The third-order valence-corrected chi connectivity index (χ3v) is 6.56. The van der Waals surface area contributed by atoms with Gasteiger partial charge in [0.1, 0.15) is 11.4 Å². The summed E-state index contributed by atoms with van der Waals surface area (Å²) in [6.45, 7) is 2.47. The van der Waals surface area contributed by atoms with Crippen molar-refractivity contribution in [2.75, 3.05) is 26.2 Å². The molecule has 3 heterocycles. The molecule has 0 atom stereocenters. The van der Waals surface area contributed by atoms with Crippen molar-refractivity contribution < 1.29 is 23.1 Å². The molecule has 27 heavy (non-hydrogen) atoms. The molecule has 0 radical (unpaired) electrons. The van der Waals surface area contributed by atoms with E-state index in [1.165, 1.54) is 32.1 Å². The van der Waals surface area contributed by atoms with Crippen LogP contribution in [0.3, 0.4) is 0 Å². The van der Waals surface area contributed by atoms with Gasteiger partial charge in [0.15, 0.2) is 5.69 Å². The molecule has 0 aliphatic carbocycles. The molecule has 146 valence electrons. The van der Waals surface area contributed by atoms with Crippen LogP contribution in [0.2, 0.25) is 0 Å². The van der Waals surface area contributed by atoms with Crippen molar-refractivity contribution in [3.63, 3.8) is 0 Å². The fourth-order valence-electron chi connectivity index (χ4n) is 2.85. The van der Waals surface area contributed by atoms with Crippen LogP contribution in [0.5, 0.6) is 0 Å². The lowest BCUT2D eigenvalue weighted by molar-refractivity contribution is -0.133. The SMILES string of the molecule is Cc1c(S(=O)(=O)N2CCN(C(=O)Cn3ccc(C(=O)O)n3)CC2)cnn1C. The monoisotopic (exact) mass is 396 g/mol. The van der Waals surface area contributed by atoms with E-state index in [0.29, 0.717) is 5.69 Å². The van der Waals surface area contributed by atoms with E-state index in [2.05, 4.69) is 10.2 Å². The molecule has 0 spiro atoms. The van der Waals surface area contributed by atoms with Gasteiger partial charge in [-0.1, -0.05) is 0 Å². The van der Waals surface area contributed by atoms with Gasteiger partial charge in [0.25, 0.3) is 0 Å². The molecule has 1 N–H and O–H groups in total. The molecule has 2 aromatic rings. The Morgan fingerprint density at radius 2 is 1.89 bits per heavy atom. The molecule has 0 bridgehead atoms. The number of carboxylic acids is 1. The summed E-state index contributed by atoms with van der Waals surface area (Å²) >= 11 is 0. The summed E-state index contributed by atoms with van der Waals surface area (Å²) in [6, 6.07) is 1.32. The number of aryl methyl sites for hydroxylation is 1. The Labute approximate surface area is 155 Å². The summed E-state index contributed by atoms with van der Waals surface area (Å²) in [5, 5.41) is 16.6. The van der Waals surface area contributed by atoms with E-state index in [1.807, 2.05) is 0 Å². The number of aromatic carboxylic acids is 1. The molecule has 1 aliphatic rings. The minimum absolute atomic E-state index is 0.0955. The number of carbonyl (C=O) groups excluding carboxylic acids is 1. The average Bonchev–Trinajstić information content (AvgIpc) is 3.23. The second-order valence-corrected chi connectivity index (χ2v) is 8.11. The highest BCUT2D eigenvalue weighted by molar-refractivity contribution is 7.89. The number of carbonyl (C=O) groups is 2. The molecular formula is C15H20N6O5S. The van der Waals surface area contributed by atoms with Crippen LogP contribution in [0.25, 0.3) is 0 Å². The molecule has 1 amide bonds. The summed E-state index contributed by atoms with van der Waals surface area (Å²) in [4.78, 5) is 24.9. The summed E-state index contributed by atoms with van der Waals surface area (Å²) in [5.41, 5.74) is 0.423. The van der Waals surface area contributed by atoms with Gasteiger partial charge in [-0.3, -0.25) is 14.2 Å². The average molecular weight is 396 g/mol. The second-order valence-electron chi connectivity index (χ2n) is 6.21. The van der Waals surface area contributed by atoms with Crippen LogP contribution in [0.4, 0.5) is 0 Å². The van der Waals surface area contributed by atoms with Gasteiger partial charge < -0.3 is 10.0 Å². The predicted octanol–water partition coefficient (Wildman–Crippen LogP) is -0.844. The molecule has 0 saturated carbocycles. The number of rotatable bonds is 5. The Bertz CT molecular complexity index is 971. The first-order valence-electron chi connectivity index (χ1n) is 8.23. The first-order valence-corrected chi connectivity index (χ1v) is 9.67. The smallest absolute Gasteiger partial charge is 0.356 e. The number of sulfonamides is 1. The van der Waals surface area contributed by atoms with Gasteiger partial charge in [-0.25, -0.2) is 13.2 Å². The van der Waals surface area contributed by atoms with Gasteiger partial charge in [0.05, 0.1) is 11.9 Å². The van der Waals surface area contributed by atoms with Crippen molar-refractivity contribution >= 4 is 21.9 Å². The molecule has 3 rings (SSSR count). The van der Waals surface area contributed by atoms with E-state index in [4.69, 9.17) is 5.11 Å². The Morgan fingerprint density at radius 1 is 1.22 bits per heavy atom. The van der Waals surface area contributed by atoms with Crippen molar-refractivity contribution in [1.82, 2.24) is 28.8 Å². The number of nitrogens with zero attached hydrogens (tertiary/aromatic N) is 6. The highest BCUT2D eigenvalue weighted by Crippen LogP contribution is 2.20. The maximum atomic E-state index is 12.8. The lowest BCUT2D eigenvalue weighted by atomic mass is 10.3. The van der Waals surface area contributed by atoms with E-state index in [0.717, 1.165) is 0 Å². The summed E-state index contributed by atoms with van der Waals surface area (Å²) in [7, 11) is -1.98. The van der Waals surface area contributed by atoms with Crippen molar-refractivity contribution in [2.45, 2.75) is 18.4 Å². The summed E-state index contributed by atoms with van der Waals surface area (Å²) < 4.78 is 29.6. The van der Waals surface area contributed by atoms with E-state index in [9.17, 15) is 18.0 Å². The Balaban J connectivity index is 1.61. The number of hydrogen-bond acceptors (Lipinski definition) is 6. The number of hydrogen-bond donors (Lipinski definition) is 1. The van der Waals surface area contributed by atoms with Crippen LogP contribution in [0.15, 0.2) is 23.4 Å². The zero-order chi connectivity index (χ0) is 19.8. The fourth-order valence-corrected chi connectivity index (χ4v) is 4.46. The molecule has 11 nitrogen and oxygen atoms in total. The molecule has 1 aliphatic heterocycles. The minimum Gasteiger partial charge on any atom is -0.476 e. The number of amides is 1. The van der Waals surface area contributed by atoms with Crippen LogP contribution in [-0.2, 0) is 28.4 Å². The Kier molecular flexibility index (Phi) is 5.02. The molecule has 2 aromatic heterocycles. The third kappa shape index (κ3) is 3.71. The zero-order valence-corrected chi connectivity index (χ0v) is 15.8. The lowest BCUT2D eigenvalue weighted by Gasteiger charge is -2.33. The van der Waals surface area contributed by atoms with Gasteiger partial charge in [-0.05, 0) is 13.0 Å². The Hall–Kier alpha value is -2.73. The molecule has 1 fully saturated rings. The van der Waals surface area contributed by atoms with Crippen molar-refractivity contribution in [3.8, 4) is 0 Å². The predicted molar refractivity (Wildman–Crippen MR) is 92.5 cm³/mol. The minimum atomic E-state index is -3.66. The largest absolute Gasteiger partial charge is 0.476 e. The topological polar surface area (TPSA) is 131 Å². The highest BCUT2D eigenvalue weighted by Gasteiger charge is 2.32. The molecular weight excluding hydrogens is 376 g/mol. The maximum absolute atomic E-state index is 12.8. The van der Waals surface area contributed by atoms with Gasteiger partial charge in [0.2, 0.25) is 15.9 Å². The quantitative estimate of drug-likeness (QED) is 0.697. The molecule has 1 saturated heterocycles. The first kappa shape index (κ1) is 19.0. The van der Waals surface area contributed by atoms with E-state index >= 15 is 0 Å². The molecule has 0 unspecified atom stereocenters. The second kappa shape index (κ2) is 7.12. The third-order valence-electron chi connectivity index (χ3n) is 4.56. The maximum Gasteiger partial charge on any atom is 0.356 e. The highest BCUT2D eigenvalue weighted by atomic mass is 32.2. The Morgan fingerprint density at radius 3 is 2.41 bits per heavy atom. The number of carboxylic acid groups (broad SMARTS) is 1. The van der Waals surface area contributed by atoms with Crippen LogP contribution in [-0.4, -0.2) is 80.3 Å². The number of piperazine rings is 1. The van der Waals surface area contributed by atoms with E-state index < -0.39 is 16.0 Å². The summed E-state index contributed by atoms with van der Waals surface area (Å²) in [5.74, 6) is -1.41. The van der Waals surface area contributed by atoms with Crippen molar-refractivity contribution in [2.24, 2.45) is 7.05 Å². The van der Waals surface area contributed by atoms with Crippen LogP contribution in [0.1, 0.15) is 16.2 Å². The van der Waals surface area contributed by atoms with Gasteiger partial charge in [-0.15, -0.1) is 0 Å². The van der Waals surface area contributed by atoms with Gasteiger partial charge in [-0.2, -0.15) is 14.5 Å². The normalized spacial score (nSPS) is 15.9. The van der Waals surface area contributed by atoms with Gasteiger partial charge >= 0.3 is 5.97 Å². The molecule has 0 aromatic carbocycles. The van der Waals surface area contributed by atoms with E-state index in [1.54, 1.807) is 18.9 Å². The fraction of sp³-hybridized carbons (Fsp3) is 0.467. The lowest BCUT2D eigenvalue weighted by Crippen LogP contribution is -2.51. The van der Waals surface area contributed by atoms with Crippen LogP contribution in [0, 0.1) is 6.92 Å². The van der Waals surface area contributed by atoms with Crippen LogP contribution >= 0.6 is 0 Å².